The second-order valence-corrected chi connectivity index (χ2v) is 9.47. The molecule has 0 radical (unpaired) electrons. The summed E-state index contributed by atoms with van der Waals surface area (Å²) in [6.07, 6.45) is 13.8. The molecule has 2 aliphatic rings. The third kappa shape index (κ3) is 3.25. The highest BCUT2D eigenvalue weighted by Gasteiger charge is 2.54. The van der Waals surface area contributed by atoms with Gasteiger partial charge >= 0.3 is 0 Å². The Kier molecular flexibility index (Phi) is 4.48. The fourth-order valence-electron chi connectivity index (χ4n) is 5.55. The van der Waals surface area contributed by atoms with Crippen molar-refractivity contribution in [2.24, 2.45) is 5.92 Å². The molecular weight excluding hydrogens is 404 g/mol. The molecule has 8 nitrogen and oxygen atoms in total. The van der Waals surface area contributed by atoms with E-state index in [2.05, 4.69) is 44.0 Å². The van der Waals surface area contributed by atoms with Crippen LogP contribution in [-0.4, -0.2) is 41.9 Å². The molecule has 2 fully saturated rings. The van der Waals surface area contributed by atoms with Crippen LogP contribution in [0.1, 0.15) is 44.7 Å². The molecule has 4 aromatic heterocycles. The highest BCUT2D eigenvalue weighted by Crippen LogP contribution is 2.49. The predicted octanol–water partition coefficient (Wildman–Crippen LogP) is 3.77. The minimum atomic E-state index is -0.574. The van der Waals surface area contributed by atoms with Crippen LogP contribution in [0.3, 0.4) is 0 Å². The van der Waals surface area contributed by atoms with Gasteiger partial charge in [-0.05, 0) is 69.2 Å². The minimum Gasteiger partial charge on any atom is -0.383 e. The van der Waals surface area contributed by atoms with Crippen molar-refractivity contribution in [2.75, 3.05) is 5.73 Å². The molecule has 4 atom stereocenters. The summed E-state index contributed by atoms with van der Waals surface area (Å²) in [7, 11) is 0. The zero-order chi connectivity index (χ0) is 21.9. The average molecular weight is 433 g/mol. The molecule has 2 N–H and O–H groups in total. The van der Waals surface area contributed by atoms with Crippen molar-refractivity contribution >= 4 is 22.5 Å². The monoisotopic (exact) mass is 432 g/mol. The molecule has 0 spiro atoms. The van der Waals surface area contributed by atoms with E-state index in [4.69, 9.17) is 15.2 Å². The summed E-state index contributed by atoms with van der Waals surface area (Å²) >= 11 is 0. The van der Waals surface area contributed by atoms with Gasteiger partial charge in [-0.25, -0.2) is 15.0 Å². The highest BCUT2D eigenvalue weighted by molar-refractivity contribution is 5.86. The van der Waals surface area contributed by atoms with Gasteiger partial charge in [-0.15, -0.1) is 0 Å². The average Bonchev–Trinajstić information content (AvgIpc) is 3.51. The van der Waals surface area contributed by atoms with Gasteiger partial charge in [-0.1, -0.05) is 0 Å². The number of aryl methyl sites for hydroxylation is 1. The SMILES string of the molecule is CC1(C)O[C@@H]2[C@@H](CCCc3ccn4ccnc4c3)C[C@@H](n3ccc4c(N)ncnc43)[C@@H]2O1. The predicted molar refractivity (Wildman–Crippen MR) is 121 cm³/mol. The summed E-state index contributed by atoms with van der Waals surface area (Å²) < 4.78 is 17.0. The quantitative estimate of drug-likeness (QED) is 0.516. The summed E-state index contributed by atoms with van der Waals surface area (Å²) in [5.41, 5.74) is 9.25. The van der Waals surface area contributed by atoms with Crippen LogP contribution in [0.15, 0.2) is 49.3 Å². The first-order valence-electron chi connectivity index (χ1n) is 11.3. The molecule has 5 heterocycles. The van der Waals surface area contributed by atoms with Gasteiger partial charge in [0.1, 0.15) is 29.5 Å². The maximum Gasteiger partial charge on any atom is 0.163 e. The number of pyridine rings is 1. The zero-order valence-electron chi connectivity index (χ0n) is 18.4. The zero-order valence-corrected chi connectivity index (χ0v) is 18.4. The molecule has 166 valence electrons. The molecule has 1 saturated carbocycles. The van der Waals surface area contributed by atoms with E-state index in [9.17, 15) is 0 Å². The Hall–Kier alpha value is -2.97. The molecule has 4 aromatic rings. The van der Waals surface area contributed by atoms with E-state index in [0.29, 0.717) is 11.7 Å². The van der Waals surface area contributed by atoms with Crippen LogP contribution in [0.2, 0.25) is 0 Å². The second kappa shape index (κ2) is 7.28. The summed E-state index contributed by atoms with van der Waals surface area (Å²) in [6.45, 7) is 4.01. The number of fused-ring (bicyclic) bond motifs is 3. The molecule has 1 saturated heterocycles. The smallest absolute Gasteiger partial charge is 0.163 e. The fraction of sp³-hybridized carbons (Fsp3) is 0.458. The van der Waals surface area contributed by atoms with E-state index in [-0.39, 0.29) is 18.2 Å². The van der Waals surface area contributed by atoms with E-state index in [0.717, 1.165) is 42.4 Å². The van der Waals surface area contributed by atoms with E-state index in [1.54, 1.807) is 0 Å². The lowest BCUT2D eigenvalue weighted by atomic mass is 9.96. The molecule has 1 aliphatic carbocycles. The van der Waals surface area contributed by atoms with Crippen LogP contribution in [0.25, 0.3) is 16.7 Å². The lowest BCUT2D eigenvalue weighted by Gasteiger charge is -2.24. The van der Waals surface area contributed by atoms with E-state index in [1.165, 1.54) is 11.9 Å². The van der Waals surface area contributed by atoms with E-state index >= 15 is 0 Å². The molecule has 32 heavy (non-hydrogen) atoms. The summed E-state index contributed by atoms with van der Waals surface area (Å²) in [5.74, 6) is 0.367. The van der Waals surface area contributed by atoms with Gasteiger partial charge in [-0.3, -0.25) is 0 Å². The summed E-state index contributed by atoms with van der Waals surface area (Å²) in [5, 5.41) is 0.889. The first kappa shape index (κ1) is 19.7. The molecule has 6 rings (SSSR count). The molecule has 0 bridgehead atoms. The van der Waals surface area contributed by atoms with E-state index in [1.807, 2.05) is 36.7 Å². The highest BCUT2D eigenvalue weighted by atomic mass is 16.8. The topological polar surface area (TPSA) is 92.5 Å². The van der Waals surface area contributed by atoms with Crippen LogP contribution < -0.4 is 5.73 Å². The largest absolute Gasteiger partial charge is 0.383 e. The molecule has 1 aliphatic heterocycles. The first-order chi connectivity index (χ1) is 15.5. The maximum absolute atomic E-state index is 6.39. The lowest BCUT2D eigenvalue weighted by Crippen LogP contribution is -2.27. The van der Waals surface area contributed by atoms with Crippen molar-refractivity contribution in [3.8, 4) is 0 Å². The van der Waals surface area contributed by atoms with Crippen LogP contribution in [-0.2, 0) is 15.9 Å². The van der Waals surface area contributed by atoms with Gasteiger partial charge < -0.3 is 24.2 Å². The Balaban J connectivity index is 1.22. The number of rotatable bonds is 5. The number of aromatic nitrogens is 5. The Morgan fingerprint density at radius 2 is 1.97 bits per heavy atom. The first-order valence-corrected chi connectivity index (χ1v) is 11.3. The van der Waals surface area contributed by atoms with Crippen molar-refractivity contribution in [1.29, 1.82) is 0 Å². The lowest BCUT2D eigenvalue weighted by molar-refractivity contribution is -0.160. The number of nitrogens with two attached hydrogens (primary N) is 1. The number of nitrogens with zero attached hydrogens (tertiary/aromatic N) is 5. The van der Waals surface area contributed by atoms with Gasteiger partial charge in [0.25, 0.3) is 0 Å². The van der Waals surface area contributed by atoms with Gasteiger partial charge in [-0.2, -0.15) is 0 Å². The van der Waals surface area contributed by atoms with Gasteiger partial charge in [0.15, 0.2) is 5.79 Å². The van der Waals surface area contributed by atoms with Crippen molar-refractivity contribution < 1.29 is 9.47 Å². The van der Waals surface area contributed by atoms with Gasteiger partial charge in [0.05, 0.1) is 17.5 Å². The van der Waals surface area contributed by atoms with Crippen LogP contribution in [0, 0.1) is 5.92 Å². The van der Waals surface area contributed by atoms with Gasteiger partial charge in [0, 0.05) is 24.8 Å². The Bertz CT molecular complexity index is 1280. The third-order valence-corrected chi connectivity index (χ3v) is 6.95. The molecule has 0 aromatic carbocycles. The number of ether oxygens (including phenoxy) is 2. The molecule has 8 heteroatoms. The number of hydrogen-bond acceptors (Lipinski definition) is 6. The van der Waals surface area contributed by atoms with Crippen molar-refractivity contribution in [3.63, 3.8) is 0 Å². The Morgan fingerprint density at radius 3 is 2.88 bits per heavy atom. The summed E-state index contributed by atoms with van der Waals surface area (Å²) in [4.78, 5) is 13.0. The Morgan fingerprint density at radius 1 is 1.09 bits per heavy atom. The number of imidazole rings is 1. The van der Waals surface area contributed by atoms with Crippen molar-refractivity contribution in [3.05, 3.63) is 54.9 Å². The fourth-order valence-corrected chi connectivity index (χ4v) is 5.55. The standard InChI is InChI=1S/C24H28N6O2/c1-24(2)31-20-16(5-3-4-15-6-9-29-11-8-26-19(29)12-15)13-18(21(20)32-24)30-10-7-17-22(25)27-14-28-23(17)30/h6-12,14,16,18,20-21H,3-5,13H2,1-2H3,(H2,25,27,28)/t16-,18+,20+,21-/m0/s1. The maximum atomic E-state index is 6.39. The van der Waals surface area contributed by atoms with E-state index < -0.39 is 5.79 Å². The molecule has 0 unspecified atom stereocenters. The minimum absolute atomic E-state index is 0.00283. The number of hydrogen-bond donors (Lipinski definition) is 1. The van der Waals surface area contributed by atoms with Crippen LogP contribution >= 0.6 is 0 Å². The summed E-state index contributed by atoms with van der Waals surface area (Å²) in [6, 6.07) is 6.53. The molecular formula is C24H28N6O2. The van der Waals surface area contributed by atoms with Crippen molar-refractivity contribution in [2.45, 2.75) is 63.6 Å². The van der Waals surface area contributed by atoms with Crippen LogP contribution in [0.4, 0.5) is 5.82 Å². The second-order valence-electron chi connectivity index (χ2n) is 9.47. The molecule has 0 amide bonds. The number of nitrogen functional groups attached to an aromatic ring is 1. The van der Waals surface area contributed by atoms with Crippen LogP contribution in [0.5, 0.6) is 0 Å². The van der Waals surface area contributed by atoms with Crippen molar-refractivity contribution in [1.82, 2.24) is 23.9 Å². The van der Waals surface area contributed by atoms with Gasteiger partial charge in [0.2, 0.25) is 0 Å². The Labute approximate surface area is 186 Å². The normalized spacial score (nSPS) is 26.8. The third-order valence-electron chi connectivity index (χ3n) is 6.95. The number of anilines is 1.